The Morgan fingerprint density at radius 1 is 1.47 bits per heavy atom. The van der Waals surface area contributed by atoms with Gasteiger partial charge in [0.15, 0.2) is 11.6 Å². The van der Waals surface area contributed by atoms with E-state index in [1.807, 2.05) is 0 Å². The zero-order valence-electron chi connectivity index (χ0n) is 9.03. The van der Waals surface area contributed by atoms with Gasteiger partial charge in [-0.3, -0.25) is 4.79 Å². The number of rotatable bonds is 6. The lowest BCUT2D eigenvalue weighted by atomic mass is 10.2. The standard InChI is InChI=1S/C11H13F2NO2S/c12-8-3-1-2-7(10(8)13)6-17-5-4-9(14)11(15)16/h1-3,9H,4-6,14H2,(H,15,16). The van der Waals surface area contributed by atoms with Crippen LogP contribution in [0.5, 0.6) is 0 Å². The fourth-order valence-corrected chi connectivity index (χ4v) is 2.18. The molecule has 0 aliphatic rings. The highest BCUT2D eigenvalue weighted by molar-refractivity contribution is 7.98. The van der Waals surface area contributed by atoms with Gasteiger partial charge in [-0.05, 0) is 18.2 Å². The summed E-state index contributed by atoms with van der Waals surface area (Å²) >= 11 is 1.32. The zero-order chi connectivity index (χ0) is 12.8. The van der Waals surface area contributed by atoms with Gasteiger partial charge < -0.3 is 10.8 Å². The second-order valence-corrected chi connectivity index (χ2v) is 4.60. The second-order valence-electron chi connectivity index (χ2n) is 3.50. The first-order chi connectivity index (χ1) is 8.02. The monoisotopic (exact) mass is 261 g/mol. The molecule has 6 heteroatoms. The maximum absolute atomic E-state index is 13.2. The average molecular weight is 261 g/mol. The van der Waals surface area contributed by atoms with E-state index in [-0.39, 0.29) is 5.56 Å². The lowest BCUT2D eigenvalue weighted by Gasteiger charge is -2.06. The molecule has 0 saturated carbocycles. The Hall–Kier alpha value is -1.14. The van der Waals surface area contributed by atoms with Gasteiger partial charge in [-0.25, -0.2) is 8.78 Å². The van der Waals surface area contributed by atoms with Crippen LogP contribution in [0.2, 0.25) is 0 Å². The van der Waals surface area contributed by atoms with E-state index in [1.165, 1.54) is 23.9 Å². The van der Waals surface area contributed by atoms with Crippen LogP contribution in [0.3, 0.4) is 0 Å². The van der Waals surface area contributed by atoms with Gasteiger partial charge in [0.2, 0.25) is 0 Å². The van der Waals surface area contributed by atoms with E-state index in [2.05, 4.69) is 0 Å². The molecule has 3 N–H and O–H groups in total. The molecule has 0 saturated heterocycles. The second kappa shape index (κ2) is 6.56. The van der Waals surface area contributed by atoms with Crippen molar-refractivity contribution in [2.24, 2.45) is 5.73 Å². The van der Waals surface area contributed by atoms with Crippen molar-refractivity contribution < 1.29 is 18.7 Å². The van der Waals surface area contributed by atoms with Crippen molar-refractivity contribution in [3.63, 3.8) is 0 Å². The Bertz CT molecular complexity index is 401. The molecule has 17 heavy (non-hydrogen) atoms. The predicted molar refractivity (Wildman–Crippen MR) is 62.7 cm³/mol. The minimum absolute atomic E-state index is 0.277. The van der Waals surface area contributed by atoms with Gasteiger partial charge in [0.05, 0.1) is 0 Å². The van der Waals surface area contributed by atoms with Crippen LogP contribution in [0.15, 0.2) is 18.2 Å². The summed E-state index contributed by atoms with van der Waals surface area (Å²) in [4.78, 5) is 10.4. The molecular weight excluding hydrogens is 248 g/mol. The molecule has 0 heterocycles. The number of hydrogen-bond acceptors (Lipinski definition) is 3. The maximum Gasteiger partial charge on any atom is 0.320 e. The Labute approximate surface area is 102 Å². The van der Waals surface area contributed by atoms with Gasteiger partial charge in [-0.1, -0.05) is 12.1 Å². The molecule has 1 aromatic carbocycles. The number of thioether (sulfide) groups is 1. The van der Waals surface area contributed by atoms with Crippen molar-refractivity contribution in [2.75, 3.05) is 5.75 Å². The van der Waals surface area contributed by atoms with Crippen molar-refractivity contribution in [3.8, 4) is 0 Å². The van der Waals surface area contributed by atoms with E-state index >= 15 is 0 Å². The largest absolute Gasteiger partial charge is 0.480 e. The summed E-state index contributed by atoms with van der Waals surface area (Å²) in [5.74, 6) is -1.98. The number of carbonyl (C=O) groups is 1. The fraction of sp³-hybridized carbons (Fsp3) is 0.364. The number of nitrogens with two attached hydrogens (primary N) is 1. The first-order valence-electron chi connectivity index (χ1n) is 5.01. The van der Waals surface area contributed by atoms with Crippen molar-refractivity contribution in [2.45, 2.75) is 18.2 Å². The van der Waals surface area contributed by atoms with E-state index in [0.29, 0.717) is 17.9 Å². The number of aliphatic carboxylic acids is 1. The van der Waals surface area contributed by atoms with Crippen molar-refractivity contribution in [1.82, 2.24) is 0 Å². The van der Waals surface area contributed by atoms with Gasteiger partial charge in [0.1, 0.15) is 6.04 Å². The molecular formula is C11H13F2NO2S. The molecule has 0 aromatic heterocycles. The molecule has 1 unspecified atom stereocenters. The summed E-state index contributed by atoms with van der Waals surface area (Å²) in [6.07, 6.45) is 0.303. The molecule has 0 spiro atoms. The number of halogens is 2. The summed E-state index contributed by atoms with van der Waals surface area (Å²) < 4.78 is 26.0. The first kappa shape index (κ1) is 13.9. The van der Waals surface area contributed by atoms with Gasteiger partial charge in [-0.2, -0.15) is 11.8 Å². The van der Waals surface area contributed by atoms with E-state index in [4.69, 9.17) is 10.8 Å². The molecule has 0 bridgehead atoms. The van der Waals surface area contributed by atoms with Crippen LogP contribution in [0.25, 0.3) is 0 Å². The molecule has 0 amide bonds. The van der Waals surface area contributed by atoms with Gasteiger partial charge in [-0.15, -0.1) is 0 Å². The van der Waals surface area contributed by atoms with E-state index < -0.39 is 23.6 Å². The molecule has 0 radical (unpaired) electrons. The number of benzene rings is 1. The van der Waals surface area contributed by atoms with Crippen LogP contribution in [0.1, 0.15) is 12.0 Å². The third-order valence-corrected chi connectivity index (χ3v) is 3.22. The summed E-state index contributed by atoms with van der Waals surface area (Å²) in [6.45, 7) is 0. The lowest BCUT2D eigenvalue weighted by molar-refractivity contribution is -0.138. The summed E-state index contributed by atoms with van der Waals surface area (Å²) in [5.41, 5.74) is 5.58. The van der Waals surface area contributed by atoms with Gasteiger partial charge in [0.25, 0.3) is 0 Å². The van der Waals surface area contributed by atoms with Crippen LogP contribution in [0.4, 0.5) is 8.78 Å². The minimum atomic E-state index is -1.05. The predicted octanol–water partition coefficient (Wildman–Crippen LogP) is 2.00. The molecule has 1 rings (SSSR count). The van der Waals surface area contributed by atoms with Crippen LogP contribution in [0, 0.1) is 11.6 Å². The number of carboxylic acid groups (broad SMARTS) is 1. The normalized spacial score (nSPS) is 12.4. The molecule has 0 aliphatic heterocycles. The number of hydrogen-bond donors (Lipinski definition) is 2. The SMILES string of the molecule is NC(CCSCc1cccc(F)c1F)C(=O)O. The average Bonchev–Trinajstić information content (AvgIpc) is 2.29. The van der Waals surface area contributed by atoms with Crippen LogP contribution in [-0.2, 0) is 10.5 Å². The van der Waals surface area contributed by atoms with Crippen molar-refractivity contribution in [1.29, 1.82) is 0 Å². The van der Waals surface area contributed by atoms with Crippen LogP contribution in [-0.4, -0.2) is 22.9 Å². The highest BCUT2D eigenvalue weighted by atomic mass is 32.2. The minimum Gasteiger partial charge on any atom is -0.480 e. The van der Waals surface area contributed by atoms with Crippen molar-refractivity contribution >= 4 is 17.7 Å². The smallest absolute Gasteiger partial charge is 0.320 e. The van der Waals surface area contributed by atoms with Gasteiger partial charge >= 0.3 is 5.97 Å². The Morgan fingerprint density at radius 2 is 2.18 bits per heavy atom. The fourth-order valence-electron chi connectivity index (χ4n) is 1.18. The topological polar surface area (TPSA) is 63.3 Å². The summed E-state index contributed by atoms with van der Waals surface area (Å²) in [7, 11) is 0. The summed E-state index contributed by atoms with van der Waals surface area (Å²) in [6, 6.07) is 3.10. The maximum atomic E-state index is 13.2. The molecule has 3 nitrogen and oxygen atoms in total. The Balaban J connectivity index is 2.36. The third-order valence-electron chi connectivity index (χ3n) is 2.18. The Morgan fingerprint density at radius 3 is 2.82 bits per heavy atom. The molecule has 0 fully saturated rings. The highest BCUT2D eigenvalue weighted by Crippen LogP contribution is 2.18. The quantitative estimate of drug-likeness (QED) is 0.769. The highest BCUT2D eigenvalue weighted by Gasteiger charge is 2.11. The van der Waals surface area contributed by atoms with E-state index in [0.717, 1.165) is 6.07 Å². The zero-order valence-corrected chi connectivity index (χ0v) is 9.84. The summed E-state index contributed by atoms with van der Waals surface area (Å²) in [5, 5.41) is 8.54. The Kier molecular flexibility index (Phi) is 5.37. The van der Waals surface area contributed by atoms with E-state index in [1.54, 1.807) is 0 Å². The molecule has 0 aliphatic carbocycles. The van der Waals surface area contributed by atoms with Crippen LogP contribution < -0.4 is 5.73 Å². The number of carboxylic acids is 1. The third kappa shape index (κ3) is 4.32. The first-order valence-corrected chi connectivity index (χ1v) is 6.17. The van der Waals surface area contributed by atoms with Gasteiger partial charge in [0, 0.05) is 11.3 Å². The molecule has 1 aromatic rings. The van der Waals surface area contributed by atoms with Crippen molar-refractivity contribution in [3.05, 3.63) is 35.4 Å². The molecule has 1 atom stereocenters. The van der Waals surface area contributed by atoms with E-state index in [9.17, 15) is 13.6 Å². The molecule has 94 valence electrons. The lowest BCUT2D eigenvalue weighted by Crippen LogP contribution is -2.30. The van der Waals surface area contributed by atoms with Crippen LogP contribution >= 0.6 is 11.8 Å².